The average molecular weight is 331 g/mol. The van der Waals surface area contributed by atoms with Gasteiger partial charge in [0, 0.05) is 5.56 Å². The highest BCUT2D eigenvalue weighted by Crippen LogP contribution is 2.25. The number of hydrogen-bond acceptors (Lipinski definition) is 4. The Bertz CT molecular complexity index is 858. The third-order valence-corrected chi connectivity index (χ3v) is 3.65. The lowest BCUT2D eigenvalue weighted by molar-refractivity contribution is 0.170. The lowest BCUT2D eigenvalue weighted by Crippen LogP contribution is -2.23. The molecule has 6 nitrogen and oxygen atoms in total. The quantitative estimate of drug-likeness (QED) is 0.800. The molecule has 0 fully saturated rings. The van der Waals surface area contributed by atoms with Gasteiger partial charge in [-0.1, -0.05) is 41.4 Å². The van der Waals surface area contributed by atoms with E-state index >= 15 is 0 Å². The van der Waals surface area contributed by atoms with Crippen LogP contribution in [0, 0.1) is 6.92 Å². The number of hydrogen-bond donors (Lipinski definition) is 1. The Kier molecular flexibility index (Phi) is 4.16. The summed E-state index contributed by atoms with van der Waals surface area (Å²) >= 11 is 5.98. The van der Waals surface area contributed by atoms with Gasteiger partial charge in [-0.25, -0.2) is 14.3 Å². The number of imidazole rings is 1. The van der Waals surface area contributed by atoms with E-state index in [1.165, 1.54) is 7.11 Å². The maximum Gasteiger partial charge on any atom is 0.407 e. The van der Waals surface area contributed by atoms with Crippen molar-refractivity contribution in [2.24, 2.45) is 0 Å². The summed E-state index contributed by atoms with van der Waals surface area (Å²) < 4.78 is 6.25. The van der Waals surface area contributed by atoms with Crippen molar-refractivity contribution in [1.82, 2.24) is 19.9 Å². The summed E-state index contributed by atoms with van der Waals surface area (Å²) in [4.78, 5) is 16.0. The van der Waals surface area contributed by atoms with Gasteiger partial charge in [-0.15, -0.1) is 0 Å². The predicted octanol–water partition coefficient (Wildman–Crippen LogP) is 3.21. The fourth-order valence-electron chi connectivity index (χ4n) is 2.29. The molecule has 0 saturated carbocycles. The molecule has 0 aliphatic carbocycles. The number of aryl methyl sites for hydroxylation is 1. The molecular formula is C16H15ClN4O2. The van der Waals surface area contributed by atoms with Gasteiger partial charge in [-0.05, 0) is 19.1 Å². The number of alkyl carbamates (subject to hydrolysis) is 1. The molecule has 23 heavy (non-hydrogen) atoms. The zero-order valence-electron chi connectivity index (χ0n) is 12.7. The van der Waals surface area contributed by atoms with Crippen molar-refractivity contribution in [3.05, 3.63) is 52.8 Å². The van der Waals surface area contributed by atoms with Crippen molar-refractivity contribution >= 4 is 23.3 Å². The molecule has 0 spiro atoms. The predicted molar refractivity (Wildman–Crippen MR) is 87.4 cm³/mol. The molecule has 7 heteroatoms. The van der Waals surface area contributed by atoms with Crippen LogP contribution >= 0.6 is 11.6 Å². The zero-order valence-corrected chi connectivity index (χ0v) is 13.5. The van der Waals surface area contributed by atoms with Crippen LogP contribution in [0.5, 0.6) is 0 Å². The number of halogens is 1. The van der Waals surface area contributed by atoms with Crippen LogP contribution in [0.3, 0.4) is 0 Å². The van der Waals surface area contributed by atoms with Gasteiger partial charge in [0.1, 0.15) is 5.15 Å². The molecule has 0 aliphatic rings. The van der Waals surface area contributed by atoms with E-state index in [0.29, 0.717) is 10.8 Å². The molecular weight excluding hydrogens is 316 g/mol. The topological polar surface area (TPSA) is 68.5 Å². The number of carbonyl (C=O) groups excluding carboxylic acids is 1. The van der Waals surface area contributed by atoms with Crippen molar-refractivity contribution in [2.75, 3.05) is 7.11 Å². The van der Waals surface area contributed by atoms with Crippen molar-refractivity contribution < 1.29 is 9.53 Å². The van der Waals surface area contributed by atoms with E-state index in [2.05, 4.69) is 20.1 Å². The molecule has 0 bridgehead atoms. The molecule has 0 atom stereocenters. The fraction of sp³-hybridized carbons (Fsp3) is 0.188. The Labute approximate surface area is 138 Å². The SMILES string of the molecule is COC(=O)NCc1c(-c2ccc(C)cc2)nc2ccc(Cl)nn12. The lowest BCUT2D eigenvalue weighted by Gasteiger charge is -2.06. The summed E-state index contributed by atoms with van der Waals surface area (Å²) in [5.41, 5.74) is 4.24. The van der Waals surface area contributed by atoms with Crippen LogP contribution in [0.2, 0.25) is 5.15 Å². The summed E-state index contributed by atoms with van der Waals surface area (Å²) in [6, 6.07) is 11.5. The van der Waals surface area contributed by atoms with Crippen molar-refractivity contribution in [1.29, 1.82) is 0 Å². The first kappa shape index (κ1) is 15.3. The number of benzene rings is 1. The van der Waals surface area contributed by atoms with Crippen LogP contribution in [-0.4, -0.2) is 27.8 Å². The van der Waals surface area contributed by atoms with E-state index in [1.54, 1.807) is 16.6 Å². The number of carbonyl (C=O) groups is 1. The summed E-state index contributed by atoms with van der Waals surface area (Å²) in [6.45, 7) is 2.25. The molecule has 1 N–H and O–H groups in total. The second kappa shape index (κ2) is 6.26. The minimum Gasteiger partial charge on any atom is -0.453 e. The van der Waals surface area contributed by atoms with E-state index in [0.717, 1.165) is 22.5 Å². The van der Waals surface area contributed by atoms with Gasteiger partial charge in [-0.2, -0.15) is 5.10 Å². The van der Waals surface area contributed by atoms with Gasteiger partial charge >= 0.3 is 6.09 Å². The molecule has 2 heterocycles. The van der Waals surface area contributed by atoms with E-state index in [-0.39, 0.29) is 6.54 Å². The molecule has 3 aromatic rings. The van der Waals surface area contributed by atoms with Gasteiger partial charge in [-0.3, -0.25) is 0 Å². The van der Waals surface area contributed by atoms with E-state index < -0.39 is 6.09 Å². The number of rotatable bonds is 3. The van der Waals surface area contributed by atoms with E-state index in [9.17, 15) is 4.79 Å². The highest BCUT2D eigenvalue weighted by atomic mass is 35.5. The molecule has 2 aromatic heterocycles. The second-order valence-corrected chi connectivity index (χ2v) is 5.43. The Morgan fingerprint density at radius 2 is 2.00 bits per heavy atom. The first-order valence-corrected chi connectivity index (χ1v) is 7.39. The number of amides is 1. The van der Waals surface area contributed by atoms with Crippen molar-refractivity contribution in [3.63, 3.8) is 0 Å². The number of aromatic nitrogens is 3. The van der Waals surface area contributed by atoms with E-state index in [1.807, 2.05) is 31.2 Å². The third-order valence-electron chi connectivity index (χ3n) is 3.45. The minimum absolute atomic E-state index is 0.227. The van der Waals surface area contributed by atoms with Crippen LogP contribution in [0.25, 0.3) is 16.9 Å². The number of fused-ring (bicyclic) bond motifs is 1. The summed E-state index contributed by atoms with van der Waals surface area (Å²) in [7, 11) is 1.32. The third kappa shape index (κ3) is 3.12. The smallest absolute Gasteiger partial charge is 0.407 e. The van der Waals surface area contributed by atoms with Gasteiger partial charge in [0.25, 0.3) is 0 Å². The normalized spacial score (nSPS) is 10.7. The summed E-state index contributed by atoms with van der Waals surface area (Å²) in [6.07, 6.45) is -0.517. The molecule has 1 aromatic carbocycles. The van der Waals surface area contributed by atoms with Crippen LogP contribution in [0.1, 0.15) is 11.3 Å². The standard InChI is InChI=1S/C16H15ClN4O2/c1-10-3-5-11(6-4-10)15-12(9-18-16(22)23-2)21-14(19-15)8-7-13(17)20-21/h3-8H,9H2,1-2H3,(H,18,22). The maximum absolute atomic E-state index is 11.4. The van der Waals surface area contributed by atoms with Gasteiger partial charge in [0.2, 0.25) is 0 Å². The van der Waals surface area contributed by atoms with Crippen LogP contribution < -0.4 is 5.32 Å². The van der Waals surface area contributed by atoms with Crippen LogP contribution in [-0.2, 0) is 11.3 Å². The monoisotopic (exact) mass is 330 g/mol. The average Bonchev–Trinajstić information content (AvgIpc) is 2.91. The van der Waals surface area contributed by atoms with E-state index in [4.69, 9.17) is 11.6 Å². The molecule has 0 unspecified atom stereocenters. The second-order valence-electron chi connectivity index (χ2n) is 5.04. The lowest BCUT2D eigenvalue weighted by atomic mass is 10.1. The largest absolute Gasteiger partial charge is 0.453 e. The molecule has 118 valence electrons. The molecule has 1 amide bonds. The first-order valence-electron chi connectivity index (χ1n) is 7.01. The highest BCUT2D eigenvalue weighted by molar-refractivity contribution is 6.29. The number of methoxy groups -OCH3 is 1. The molecule has 0 aliphatic heterocycles. The van der Waals surface area contributed by atoms with Crippen LogP contribution in [0.15, 0.2) is 36.4 Å². The number of ether oxygens (including phenoxy) is 1. The summed E-state index contributed by atoms with van der Waals surface area (Å²) in [5, 5.41) is 7.28. The van der Waals surface area contributed by atoms with Crippen LogP contribution in [0.4, 0.5) is 4.79 Å². The van der Waals surface area contributed by atoms with Gasteiger partial charge in [0.15, 0.2) is 5.65 Å². The zero-order chi connectivity index (χ0) is 16.4. The highest BCUT2D eigenvalue weighted by Gasteiger charge is 2.16. The number of nitrogens with one attached hydrogen (secondary N) is 1. The Morgan fingerprint density at radius 3 is 2.70 bits per heavy atom. The summed E-state index contributed by atoms with van der Waals surface area (Å²) in [5.74, 6) is 0. The maximum atomic E-state index is 11.4. The molecule has 0 radical (unpaired) electrons. The minimum atomic E-state index is -0.517. The fourth-order valence-corrected chi connectivity index (χ4v) is 2.42. The first-order chi connectivity index (χ1) is 11.1. The van der Waals surface area contributed by atoms with Crippen molar-refractivity contribution in [3.8, 4) is 11.3 Å². The Hall–Kier alpha value is -2.60. The van der Waals surface area contributed by atoms with Crippen molar-refractivity contribution in [2.45, 2.75) is 13.5 Å². The Morgan fingerprint density at radius 1 is 1.26 bits per heavy atom. The molecule has 0 saturated heterocycles. The molecule has 3 rings (SSSR count). The Balaban J connectivity index is 2.11. The number of nitrogens with zero attached hydrogens (tertiary/aromatic N) is 3. The van der Waals surface area contributed by atoms with Gasteiger partial charge in [0.05, 0.1) is 25.0 Å². The van der Waals surface area contributed by atoms with Gasteiger partial charge < -0.3 is 10.1 Å².